The molecule has 124 valence electrons. The molecule has 0 heterocycles. The molecule has 21 heavy (non-hydrogen) atoms. The third-order valence-electron chi connectivity index (χ3n) is 3.49. The highest BCUT2D eigenvalue weighted by Gasteiger charge is 2.42. The van der Waals surface area contributed by atoms with Crippen LogP contribution in [-0.2, 0) is 23.7 Å². The van der Waals surface area contributed by atoms with Crippen LogP contribution in [-0.4, -0.2) is 39.4 Å². The minimum atomic E-state index is -1.37. The molecule has 0 aliphatic heterocycles. The van der Waals surface area contributed by atoms with Crippen LogP contribution in [0.4, 0.5) is 0 Å². The summed E-state index contributed by atoms with van der Waals surface area (Å²) in [5.41, 5.74) is 0. The molecule has 0 amide bonds. The van der Waals surface area contributed by atoms with E-state index in [9.17, 15) is 4.79 Å². The van der Waals surface area contributed by atoms with Crippen molar-refractivity contribution in [3.8, 4) is 0 Å². The monoisotopic (exact) mass is 302 g/mol. The van der Waals surface area contributed by atoms with Crippen molar-refractivity contribution in [1.29, 1.82) is 0 Å². The molecule has 0 N–H and O–H groups in total. The zero-order chi connectivity index (χ0) is 16.1. The van der Waals surface area contributed by atoms with Crippen LogP contribution in [0.2, 0.25) is 0 Å². The third-order valence-corrected chi connectivity index (χ3v) is 3.49. The molecule has 0 rings (SSSR count). The number of hydrogen-bond acceptors (Lipinski definition) is 5. The van der Waals surface area contributed by atoms with E-state index in [1.54, 1.807) is 0 Å². The SMILES string of the molecule is C=CC(=O)OC(CCCCCCCC)C(OC)(OC)OC. The highest BCUT2D eigenvalue weighted by atomic mass is 16.9. The topological polar surface area (TPSA) is 54.0 Å². The van der Waals surface area contributed by atoms with Crippen LogP contribution in [0.1, 0.15) is 51.9 Å². The smallest absolute Gasteiger partial charge is 0.330 e. The van der Waals surface area contributed by atoms with Crippen molar-refractivity contribution in [2.45, 2.75) is 63.9 Å². The Morgan fingerprint density at radius 2 is 1.57 bits per heavy atom. The van der Waals surface area contributed by atoms with Gasteiger partial charge < -0.3 is 18.9 Å². The van der Waals surface area contributed by atoms with Crippen molar-refractivity contribution in [1.82, 2.24) is 0 Å². The van der Waals surface area contributed by atoms with Crippen LogP contribution in [0, 0.1) is 0 Å². The summed E-state index contributed by atoms with van der Waals surface area (Å²) in [4.78, 5) is 11.5. The summed E-state index contributed by atoms with van der Waals surface area (Å²) >= 11 is 0. The maximum atomic E-state index is 11.5. The Kier molecular flexibility index (Phi) is 11.2. The highest BCUT2D eigenvalue weighted by molar-refractivity contribution is 5.81. The second-order valence-corrected chi connectivity index (χ2v) is 4.90. The lowest BCUT2D eigenvalue weighted by atomic mass is 10.1. The summed E-state index contributed by atoms with van der Waals surface area (Å²) in [5, 5.41) is 0. The number of rotatable bonds is 13. The number of carbonyl (C=O) groups is 1. The summed E-state index contributed by atoms with van der Waals surface area (Å²) in [6.45, 7) is 5.60. The Balaban J connectivity index is 4.51. The van der Waals surface area contributed by atoms with Crippen LogP contribution < -0.4 is 0 Å². The van der Waals surface area contributed by atoms with Crippen molar-refractivity contribution < 1.29 is 23.7 Å². The number of carbonyl (C=O) groups excluding carboxylic acids is 1. The predicted octanol–water partition coefficient (Wildman–Crippen LogP) is 3.43. The Hall–Kier alpha value is -0.910. The lowest BCUT2D eigenvalue weighted by Gasteiger charge is -2.35. The number of esters is 1. The van der Waals surface area contributed by atoms with E-state index < -0.39 is 18.0 Å². The molecule has 0 aromatic carbocycles. The first kappa shape index (κ1) is 20.1. The molecule has 0 aliphatic rings. The molecule has 5 nitrogen and oxygen atoms in total. The summed E-state index contributed by atoms with van der Waals surface area (Å²) in [6, 6.07) is 0. The van der Waals surface area contributed by atoms with Gasteiger partial charge >= 0.3 is 11.9 Å². The van der Waals surface area contributed by atoms with Gasteiger partial charge in [0.1, 0.15) is 0 Å². The zero-order valence-corrected chi connectivity index (χ0v) is 13.9. The van der Waals surface area contributed by atoms with Gasteiger partial charge in [0.05, 0.1) is 0 Å². The molecule has 0 bridgehead atoms. The first-order chi connectivity index (χ1) is 10.1. The van der Waals surface area contributed by atoms with Gasteiger partial charge in [0.25, 0.3) is 0 Å². The normalized spacial score (nSPS) is 13.0. The van der Waals surface area contributed by atoms with E-state index in [1.165, 1.54) is 47.0 Å². The second kappa shape index (κ2) is 11.7. The van der Waals surface area contributed by atoms with Crippen LogP contribution in [0.25, 0.3) is 0 Å². The lowest BCUT2D eigenvalue weighted by molar-refractivity contribution is -0.389. The molecule has 0 aromatic heterocycles. The molecule has 0 radical (unpaired) electrons. The number of methoxy groups -OCH3 is 3. The van der Waals surface area contributed by atoms with Gasteiger partial charge in [-0.15, -0.1) is 0 Å². The number of unbranched alkanes of at least 4 members (excludes halogenated alkanes) is 5. The number of hydrogen-bond donors (Lipinski definition) is 0. The van der Waals surface area contributed by atoms with Gasteiger partial charge in [0.2, 0.25) is 0 Å². The van der Waals surface area contributed by atoms with Crippen LogP contribution in [0.15, 0.2) is 12.7 Å². The average Bonchev–Trinajstić information content (AvgIpc) is 2.52. The van der Waals surface area contributed by atoms with E-state index in [0.29, 0.717) is 6.42 Å². The number of ether oxygens (including phenoxy) is 4. The molecule has 5 heteroatoms. The minimum Gasteiger partial charge on any atom is -0.451 e. The largest absolute Gasteiger partial charge is 0.451 e. The van der Waals surface area contributed by atoms with Crippen molar-refractivity contribution in [2.75, 3.05) is 21.3 Å². The van der Waals surface area contributed by atoms with E-state index in [4.69, 9.17) is 18.9 Å². The molecule has 0 fully saturated rings. The van der Waals surface area contributed by atoms with Crippen LogP contribution >= 0.6 is 0 Å². The fourth-order valence-electron chi connectivity index (χ4n) is 2.25. The first-order valence-corrected chi connectivity index (χ1v) is 7.58. The fourth-order valence-corrected chi connectivity index (χ4v) is 2.25. The van der Waals surface area contributed by atoms with Gasteiger partial charge in [-0.05, 0) is 12.8 Å². The zero-order valence-electron chi connectivity index (χ0n) is 13.9. The molecule has 0 aromatic rings. The molecular formula is C16H30O5. The lowest BCUT2D eigenvalue weighted by Crippen LogP contribution is -2.49. The standard InChI is InChI=1S/C16H30O5/c1-6-8-9-10-11-12-13-14(21-15(17)7-2)16(18-3,19-4)20-5/h7,14H,2,6,8-13H2,1,3-5H3. The van der Waals surface area contributed by atoms with Crippen molar-refractivity contribution in [3.05, 3.63) is 12.7 Å². The van der Waals surface area contributed by atoms with Crippen LogP contribution in [0.3, 0.4) is 0 Å². The fraction of sp³-hybridized carbons (Fsp3) is 0.812. The quantitative estimate of drug-likeness (QED) is 0.226. The van der Waals surface area contributed by atoms with Gasteiger partial charge in [-0.1, -0.05) is 45.6 Å². The molecule has 0 saturated heterocycles. The van der Waals surface area contributed by atoms with Gasteiger partial charge in [0, 0.05) is 27.4 Å². The Morgan fingerprint density at radius 1 is 1.05 bits per heavy atom. The molecular weight excluding hydrogens is 272 g/mol. The Labute approximate surface area is 128 Å². The second-order valence-electron chi connectivity index (χ2n) is 4.90. The van der Waals surface area contributed by atoms with E-state index in [1.807, 2.05) is 0 Å². The van der Waals surface area contributed by atoms with Gasteiger partial charge in [-0.3, -0.25) is 0 Å². The van der Waals surface area contributed by atoms with Crippen molar-refractivity contribution in [2.24, 2.45) is 0 Å². The predicted molar refractivity (Wildman–Crippen MR) is 81.8 cm³/mol. The molecule has 0 saturated carbocycles. The molecule has 1 unspecified atom stereocenters. The van der Waals surface area contributed by atoms with Gasteiger partial charge in [-0.25, -0.2) is 4.79 Å². The highest BCUT2D eigenvalue weighted by Crippen LogP contribution is 2.25. The summed E-state index contributed by atoms with van der Waals surface area (Å²) < 4.78 is 21.2. The van der Waals surface area contributed by atoms with E-state index in [0.717, 1.165) is 18.9 Å². The summed E-state index contributed by atoms with van der Waals surface area (Å²) in [6.07, 6.45) is 7.99. The molecule has 0 spiro atoms. The van der Waals surface area contributed by atoms with Gasteiger partial charge in [-0.2, -0.15) is 0 Å². The Bertz CT molecular complexity index is 278. The molecule has 0 aliphatic carbocycles. The van der Waals surface area contributed by atoms with E-state index in [2.05, 4.69) is 13.5 Å². The minimum absolute atomic E-state index is 0.512. The summed E-state index contributed by atoms with van der Waals surface area (Å²) in [7, 11) is 4.38. The summed E-state index contributed by atoms with van der Waals surface area (Å²) in [5.74, 6) is -1.89. The van der Waals surface area contributed by atoms with Gasteiger partial charge in [0.15, 0.2) is 6.10 Å². The van der Waals surface area contributed by atoms with Crippen molar-refractivity contribution in [3.63, 3.8) is 0 Å². The van der Waals surface area contributed by atoms with Crippen molar-refractivity contribution >= 4 is 5.97 Å². The molecule has 1 atom stereocenters. The third kappa shape index (κ3) is 7.07. The van der Waals surface area contributed by atoms with Crippen LogP contribution in [0.5, 0.6) is 0 Å². The average molecular weight is 302 g/mol. The first-order valence-electron chi connectivity index (χ1n) is 7.58. The Morgan fingerprint density at radius 3 is 2.05 bits per heavy atom. The maximum absolute atomic E-state index is 11.5. The van der Waals surface area contributed by atoms with E-state index >= 15 is 0 Å². The van der Waals surface area contributed by atoms with E-state index in [-0.39, 0.29) is 0 Å². The maximum Gasteiger partial charge on any atom is 0.330 e.